The highest BCUT2D eigenvalue weighted by molar-refractivity contribution is 5.17. The lowest BCUT2D eigenvalue weighted by atomic mass is 10.2. The van der Waals surface area contributed by atoms with Crippen molar-refractivity contribution in [2.45, 2.75) is 32.4 Å². The number of aromatic nitrogens is 2. The third-order valence-corrected chi connectivity index (χ3v) is 4.01. The van der Waals surface area contributed by atoms with Gasteiger partial charge in [-0.3, -0.25) is 4.90 Å². The molecule has 1 heterocycles. The van der Waals surface area contributed by atoms with Gasteiger partial charge in [-0.2, -0.15) is 0 Å². The van der Waals surface area contributed by atoms with Gasteiger partial charge >= 0.3 is 0 Å². The van der Waals surface area contributed by atoms with Crippen LogP contribution in [0, 0.1) is 11.7 Å². The van der Waals surface area contributed by atoms with Crippen molar-refractivity contribution in [3.63, 3.8) is 0 Å². The third-order valence-electron chi connectivity index (χ3n) is 4.01. The summed E-state index contributed by atoms with van der Waals surface area (Å²) in [4.78, 5) is 6.45. The molecule has 1 aromatic heterocycles. The van der Waals surface area contributed by atoms with Gasteiger partial charge in [0.1, 0.15) is 5.82 Å². The second-order valence-electron chi connectivity index (χ2n) is 5.92. The van der Waals surface area contributed by atoms with Crippen LogP contribution in [0.1, 0.15) is 24.8 Å². The molecular formula is C17H22FN3. The molecule has 0 aliphatic heterocycles. The summed E-state index contributed by atoms with van der Waals surface area (Å²) >= 11 is 0. The lowest BCUT2D eigenvalue weighted by molar-refractivity contribution is 0.243. The van der Waals surface area contributed by atoms with Gasteiger partial charge in [0, 0.05) is 44.1 Å². The van der Waals surface area contributed by atoms with Gasteiger partial charge in [-0.1, -0.05) is 18.2 Å². The van der Waals surface area contributed by atoms with Crippen molar-refractivity contribution in [3.05, 3.63) is 54.4 Å². The Balaban J connectivity index is 1.54. The van der Waals surface area contributed by atoms with Crippen molar-refractivity contribution in [2.75, 3.05) is 13.1 Å². The summed E-state index contributed by atoms with van der Waals surface area (Å²) in [6.45, 7) is 3.78. The molecule has 0 bridgehead atoms. The predicted octanol–water partition coefficient (Wildman–Crippen LogP) is 3.32. The third kappa shape index (κ3) is 4.39. The molecule has 3 rings (SSSR count). The van der Waals surface area contributed by atoms with Gasteiger partial charge in [-0.15, -0.1) is 0 Å². The predicted molar refractivity (Wildman–Crippen MR) is 81.2 cm³/mol. The Labute approximate surface area is 125 Å². The summed E-state index contributed by atoms with van der Waals surface area (Å²) in [5.41, 5.74) is 0.806. The normalized spacial score (nSPS) is 14.8. The van der Waals surface area contributed by atoms with E-state index in [-0.39, 0.29) is 5.82 Å². The molecule has 112 valence electrons. The molecule has 0 radical (unpaired) electrons. The molecule has 0 spiro atoms. The first-order chi connectivity index (χ1) is 10.3. The van der Waals surface area contributed by atoms with Crippen LogP contribution in [0.3, 0.4) is 0 Å². The molecule has 1 fully saturated rings. The average molecular weight is 287 g/mol. The van der Waals surface area contributed by atoms with Crippen molar-refractivity contribution in [1.82, 2.24) is 14.5 Å². The van der Waals surface area contributed by atoms with E-state index in [2.05, 4.69) is 14.5 Å². The van der Waals surface area contributed by atoms with Gasteiger partial charge in [-0.25, -0.2) is 9.37 Å². The van der Waals surface area contributed by atoms with Crippen LogP contribution in [-0.4, -0.2) is 27.5 Å². The van der Waals surface area contributed by atoms with E-state index in [0.29, 0.717) is 6.54 Å². The van der Waals surface area contributed by atoms with E-state index in [1.165, 1.54) is 12.8 Å². The van der Waals surface area contributed by atoms with Crippen molar-refractivity contribution in [2.24, 2.45) is 5.92 Å². The molecule has 1 saturated carbocycles. The summed E-state index contributed by atoms with van der Waals surface area (Å²) in [5, 5.41) is 0. The van der Waals surface area contributed by atoms with Crippen LogP contribution < -0.4 is 0 Å². The van der Waals surface area contributed by atoms with Crippen LogP contribution in [0.2, 0.25) is 0 Å². The molecule has 2 aromatic rings. The molecule has 4 heteroatoms. The van der Waals surface area contributed by atoms with E-state index in [1.54, 1.807) is 18.3 Å². The molecule has 1 aliphatic carbocycles. The topological polar surface area (TPSA) is 21.1 Å². The van der Waals surface area contributed by atoms with E-state index < -0.39 is 0 Å². The number of nitrogens with zero attached hydrogens (tertiary/aromatic N) is 3. The summed E-state index contributed by atoms with van der Waals surface area (Å²) in [6.07, 6.45) is 9.37. The minimum Gasteiger partial charge on any atom is -0.337 e. The van der Waals surface area contributed by atoms with Gasteiger partial charge in [0.25, 0.3) is 0 Å². The Hall–Kier alpha value is -1.68. The first kappa shape index (κ1) is 14.3. The lowest BCUT2D eigenvalue weighted by Gasteiger charge is -2.22. The molecular weight excluding hydrogens is 265 g/mol. The van der Waals surface area contributed by atoms with Crippen LogP contribution in [0.25, 0.3) is 0 Å². The number of hydrogen-bond donors (Lipinski definition) is 0. The van der Waals surface area contributed by atoms with E-state index in [0.717, 1.165) is 37.5 Å². The molecule has 3 nitrogen and oxygen atoms in total. The fourth-order valence-corrected chi connectivity index (χ4v) is 2.66. The van der Waals surface area contributed by atoms with Gasteiger partial charge in [0.15, 0.2) is 0 Å². The Morgan fingerprint density at radius 3 is 2.86 bits per heavy atom. The molecule has 0 atom stereocenters. The van der Waals surface area contributed by atoms with Crippen molar-refractivity contribution < 1.29 is 4.39 Å². The number of aryl methyl sites for hydroxylation is 1. The monoisotopic (exact) mass is 287 g/mol. The average Bonchev–Trinajstić information content (AvgIpc) is 3.14. The number of imidazole rings is 1. The highest BCUT2D eigenvalue weighted by Crippen LogP contribution is 2.30. The fourth-order valence-electron chi connectivity index (χ4n) is 2.66. The largest absolute Gasteiger partial charge is 0.337 e. The molecule has 1 aromatic carbocycles. The quantitative estimate of drug-likeness (QED) is 0.742. The maximum absolute atomic E-state index is 13.8. The number of benzene rings is 1. The molecule has 0 unspecified atom stereocenters. The Morgan fingerprint density at radius 1 is 1.29 bits per heavy atom. The standard InChI is InChI=1S/C17H22FN3/c18-17-5-2-1-4-16(17)13-21(12-15-6-7-15)10-3-9-20-11-8-19-14-20/h1-2,4-5,8,11,14-15H,3,6-7,9-10,12-13H2. The van der Waals surface area contributed by atoms with Crippen LogP contribution in [0.5, 0.6) is 0 Å². The highest BCUT2D eigenvalue weighted by atomic mass is 19.1. The number of hydrogen-bond acceptors (Lipinski definition) is 2. The van der Waals surface area contributed by atoms with Crippen molar-refractivity contribution >= 4 is 0 Å². The second-order valence-corrected chi connectivity index (χ2v) is 5.92. The summed E-state index contributed by atoms with van der Waals surface area (Å²) in [5.74, 6) is 0.734. The second kappa shape index (κ2) is 6.85. The lowest BCUT2D eigenvalue weighted by Crippen LogP contribution is -2.28. The highest BCUT2D eigenvalue weighted by Gasteiger charge is 2.24. The smallest absolute Gasteiger partial charge is 0.127 e. The van der Waals surface area contributed by atoms with Crippen molar-refractivity contribution in [1.29, 1.82) is 0 Å². The Morgan fingerprint density at radius 2 is 2.14 bits per heavy atom. The van der Waals surface area contributed by atoms with Crippen LogP contribution in [0.15, 0.2) is 43.0 Å². The number of rotatable bonds is 8. The molecule has 0 N–H and O–H groups in total. The maximum atomic E-state index is 13.8. The van der Waals surface area contributed by atoms with Crippen LogP contribution in [0.4, 0.5) is 4.39 Å². The van der Waals surface area contributed by atoms with Gasteiger partial charge in [0.05, 0.1) is 6.33 Å². The molecule has 0 saturated heterocycles. The van der Waals surface area contributed by atoms with E-state index in [9.17, 15) is 4.39 Å². The summed E-state index contributed by atoms with van der Waals surface area (Å²) < 4.78 is 15.9. The van der Waals surface area contributed by atoms with E-state index in [4.69, 9.17) is 0 Å². The van der Waals surface area contributed by atoms with Crippen LogP contribution in [-0.2, 0) is 13.1 Å². The van der Waals surface area contributed by atoms with Gasteiger partial charge in [0.2, 0.25) is 0 Å². The number of halogens is 1. The van der Waals surface area contributed by atoms with Crippen molar-refractivity contribution in [3.8, 4) is 0 Å². The fraction of sp³-hybridized carbons (Fsp3) is 0.471. The minimum absolute atomic E-state index is 0.0899. The summed E-state index contributed by atoms with van der Waals surface area (Å²) in [7, 11) is 0. The molecule has 0 amide bonds. The zero-order valence-corrected chi connectivity index (χ0v) is 12.3. The summed E-state index contributed by atoms with van der Waals surface area (Å²) in [6, 6.07) is 7.11. The van der Waals surface area contributed by atoms with Crippen LogP contribution >= 0.6 is 0 Å². The van der Waals surface area contributed by atoms with Gasteiger partial charge in [-0.05, 0) is 31.2 Å². The zero-order chi connectivity index (χ0) is 14.5. The van der Waals surface area contributed by atoms with E-state index in [1.807, 2.05) is 24.7 Å². The van der Waals surface area contributed by atoms with E-state index >= 15 is 0 Å². The first-order valence-corrected chi connectivity index (χ1v) is 7.73. The Kier molecular flexibility index (Phi) is 4.65. The molecule has 1 aliphatic rings. The van der Waals surface area contributed by atoms with Gasteiger partial charge < -0.3 is 4.57 Å². The first-order valence-electron chi connectivity index (χ1n) is 7.73. The Bertz CT molecular complexity index is 549. The SMILES string of the molecule is Fc1ccccc1CN(CCCn1ccnc1)CC1CC1. The minimum atomic E-state index is -0.0899. The molecule has 21 heavy (non-hydrogen) atoms. The zero-order valence-electron chi connectivity index (χ0n) is 12.3. The maximum Gasteiger partial charge on any atom is 0.127 e.